The third kappa shape index (κ3) is 2.38. The van der Waals surface area contributed by atoms with E-state index in [2.05, 4.69) is 4.98 Å². The smallest absolute Gasteiger partial charge is 0.0908 e. The number of aryl methyl sites for hydroxylation is 1. The van der Waals surface area contributed by atoms with Crippen LogP contribution in [0.5, 0.6) is 0 Å². The highest BCUT2D eigenvalue weighted by molar-refractivity contribution is 7.15. The second-order valence-corrected chi connectivity index (χ2v) is 5.86. The first-order valence-electron chi connectivity index (χ1n) is 6.33. The molecule has 3 rings (SSSR count). The lowest BCUT2D eigenvalue weighted by Crippen LogP contribution is -1.87. The topological polar surface area (TPSA) is 64.9 Å². The van der Waals surface area contributed by atoms with Gasteiger partial charge in [0.15, 0.2) is 0 Å². The summed E-state index contributed by atoms with van der Waals surface area (Å²) in [6.07, 6.45) is 0. The van der Waals surface area contributed by atoms with E-state index < -0.39 is 0 Å². The molecule has 0 saturated heterocycles. The molecular weight excluding hydrogens is 266 g/mol. The molecule has 0 amide bonds. The molecule has 0 unspecified atom stereocenters. The van der Waals surface area contributed by atoms with E-state index in [4.69, 9.17) is 11.5 Å². The van der Waals surface area contributed by atoms with Gasteiger partial charge >= 0.3 is 0 Å². The van der Waals surface area contributed by atoms with E-state index in [1.807, 2.05) is 55.5 Å². The molecule has 3 aromatic rings. The van der Waals surface area contributed by atoms with Crippen LogP contribution in [0.3, 0.4) is 0 Å². The minimum atomic E-state index is 0.759. The average molecular weight is 281 g/mol. The molecule has 100 valence electrons. The van der Waals surface area contributed by atoms with Crippen LogP contribution >= 0.6 is 11.3 Å². The van der Waals surface area contributed by atoms with E-state index in [1.165, 1.54) is 0 Å². The SMILES string of the molecule is Cc1nc(-c2ccc(N)cc2)c(-c2ccc(N)cc2)s1. The summed E-state index contributed by atoms with van der Waals surface area (Å²) in [6.45, 7) is 2.02. The number of hydrogen-bond acceptors (Lipinski definition) is 4. The number of nitrogens with zero attached hydrogens (tertiary/aromatic N) is 1. The minimum Gasteiger partial charge on any atom is -0.399 e. The number of thiazole rings is 1. The second-order valence-electron chi connectivity index (χ2n) is 4.65. The summed E-state index contributed by atoms with van der Waals surface area (Å²) in [5.74, 6) is 0. The zero-order chi connectivity index (χ0) is 14.1. The molecule has 1 heterocycles. The maximum Gasteiger partial charge on any atom is 0.0908 e. The molecular formula is C16H15N3S. The van der Waals surface area contributed by atoms with Crippen molar-refractivity contribution >= 4 is 22.7 Å². The second kappa shape index (κ2) is 4.98. The molecule has 0 atom stereocenters. The first kappa shape index (κ1) is 12.7. The van der Waals surface area contributed by atoms with Crippen LogP contribution < -0.4 is 11.5 Å². The number of rotatable bonds is 2. The molecule has 0 spiro atoms. The van der Waals surface area contributed by atoms with Crippen molar-refractivity contribution in [3.8, 4) is 21.7 Å². The number of nitrogen functional groups attached to an aromatic ring is 2. The summed E-state index contributed by atoms with van der Waals surface area (Å²) in [5, 5.41) is 1.05. The molecule has 4 heteroatoms. The van der Waals surface area contributed by atoms with Gasteiger partial charge in [0, 0.05) is 16.9 Å². The molecule has 0 aliphatic heterocycles. The average Bonchev–Trinajstić information content (AvgIpc) is 2.82. The highest BCUT2D eigenvalue weighted by atomic mass is 32.1. The van der Waals surface area contributed by atoms with Gasteiger partial charge in [0.2, 0.25) is 0 Å². The molecule has 2 aromatic carbocycles. The summed E-state index contributed by atoms with van der Waals surface area (Å²) >= 11 is 1.69. The Morgan fingerprint density at radius 2 is 1.30 bits per heavy atom. The molecule has 1 aromatic heterocycles. The van der Waals surface area contributed by atoms with Gasteiger partial charge in [-0.2, -0.15) is 0 Å². The van der Waals surface area contributed by atoms with Crippen LogP contribution in [0.15, 0.2) is 48.5 Å². The fourth-order valence-electron chi connectivity index (χ4n) is 2.09. The molecule has 0 aliphatic carbocycles. The Kier molecular flexibility index (Phi) is 3.16. The molecule has 4 N–H and O–H groups in total. The Bertz CT molecular complexity index is 664. The summed E-state index contributed by atoms with van der Waals surface area (Å²) in [5.41, 5.74) is 16.2. The quantitative estimate of drug-likeness (QED) is 0.699. The Morgan fingerprint density at radius 1 is 0.800 bits per heavy atom. The third-order valence-electron chi connectivity index (χ3n) is 3.09. The summed E-state index contributed by atoms with van der Waals surface area (Å²) in [4.78, 5) is 5.82. The van der Waals surface area contributed by atoms with Crippen molar-refractivity contribution in [2.24, 2.45) is 0 Å². The fraction of sp³-hybridized carbons (Fsp3) is 0.0625. The van der Waals surface area contributed by atoms with Crippen LogP contribution in [-0.2, 0) is 0 Å². The van der Waals surface area contributed by atoms with Gasteiger partial charge in [0.1, 0.15) is 0 Å². The standard InChI is InChI=1S/C16H15N3S/c1-10-19-15(11-2-6-13(17)7-3-11)16(20-10)12-4-8-14(18)9-5-12/h2-9H,17-18H2,1H3. The van der Waals surface area contributed by atoms with Gasteiger partial charge in [-0.05, 0) is 36.8 Å². The van der Waals surface area contributed by atoms with E-state index in [-0.39, 0.29) is 0 Å². The molecule has 0 aliphatic rings. The van der Waals surface area contributed by atoms with Gasteiger partial charge in [0.25, 0.3) is 0 Å². The molecule has 3 nitrogen and oxygen atoms in total. The fourth-order valence-corrected chi connectivity index (χ4v) is 3.04. The number of anilines is 2. The largest absolute Gasteiger partial charge is 0.399 e. The Morgan fingerprint density at radius 3 is 1.85 bits per heavy atom. The molecule has 0 fully saturated rings. The Balaban J connectivity index is 2.12. The highest BCUT2D eigenvalue weighted by Gasteiger charge is 2.13. The molecule has 20 heavy (non-hydrogen) atoms. The highest BCUT2D eigenvalue weighted by Crippen LogP contribution is 2.37. The van der Waals surface area contributed by atoms with Crippen LogP contribution in [0.1, 0.15) is 5.01 Å². The predicted octanol–water partition coefficient (Wildman–Crippen LogP) is 3.95. The number of benzene rings is 2. The maximum atomic E-state index is 5.75. The van der Waals surface area contributed by atoms with Crippen molar-refractivity contribution in [1.82, 2.24) is 4.98 Å². The van der Waals surface area contributed by atoms with E-state index >= 15 is 0 Å². The van der Waals surface area contributed by atoms with Crippen LogP contribution in [0.2, 0.25) is 0 Å². The lowest BCUT2D eigenvalue weighted by Gasteiger charge is -2.04. The van der Waals surface area contributed by atoms with Gasteiger partial charge in [0.05, 0.1) is 15.6 Å². The van der Waals surface area contributed by atoms with Gasteiger partial charge in [-0.25, -0.2) is 4.98 Å². The van der Waals surface area contributed by atoms with E-state index in [0.29, 0.717) is 0 Å². The lowest BCUT2D eigenvalue weighted by atomic mass is 10.1. The van der Waals surface area contributed by atoms with Crippen LogP contribution in [0.4, 0.5) is 11.4 Å². The van der Waals surface area contributed by atoms with Gasteiger partial charge < -0.3 is 11.5 Å². The molecule has 0 saturated carbocycles. The monoisotopic (exact) mass is 281 g/mol. The van der Waals surface area contributed by atoms with Crippen LogP contribution in [0.25, 0.3) is 21.7 Å². The van der Waals surface area contributed by atoms with Crippen LogP contribution in [-0.4, -0.2) is 4.98 Å². The van der Waals surface area contributed by atoms with Crippen molar-refractivity contribution in [2.75, 3.05) is 11.5 Å². The van der Waals surface area contributed by atoms with E-state index in [0.717, 1.165) is 38.1 Å². The minimum absolute atomic E-state index is 0.759. The number of hydrogen-bond donors (Lipinski definition) is 2. The van der Waals surface area contributed by atoms with Crippen molar-refractivity contribution < 1.29 is 0 Å². The van der Waals surface area contributed by atoms with Crippen molar-refractivity contribution in [1.29, 1.82) is 0 Å². The maximum absolute atomic E-state index is 5.75. The van der Waals surface area contributed by atoms with Gasteiger partial charge in [-0.15, -0.1) is 11.3 Å². The number of nitrogens with two attached hydrogens (primary N) is 2. The summed E-state index contributed by atoms with van der Waals surface area (Å²) in [7, 11) is 0. The molecule has 0 radical (unpaired) electrons. The van der Waals surface area contributed by atoms with Crippen molar-refractivity contribution in [3.63, 3.8) is 0 Å². The lowest BCUT2D eigenvalue weighted by molar-refractivity contribution is 1.30. The first-order valence-corrected chi connectivity index (χ1v) is 7.14. The van der Waals surface area contributed by atoms with Crippen molar-refractivity contribution in [3.05, 3.63) is 53.5 Å². The molecule has 0 bridgehead atoms. The zero-order valence-electron chi connectivity index (χ0n) is 11.1. The summed E-state index contributed by atoms with van der Waals surface area (Å²) < 4.78 is 0. The third-order valence-corrected chi connectivity index (χ3v) is 4.11. The normalized spacial score (nSPS) is 10.7. The zero-order valence-corrected chi connectivity index (χ0v) is 11.9. The van der Waals surface area contributed by atoms with E-state index in [9.17, 15) is 0 Å². The summed E-state index contributed by atoms with van der Waals surface area (Å²) in [6, 6.07) is 15.7. The Hall–Kier alpha value is -2.33. The van der Waals surface area contributed by atoms with Gasteiger partial charge in [-0.1, -0.05) is 24.3 Å². The number of aromatic nitrogens is 1. The van der Waals surface area contributed by atoms with Crippen molar-refractivity contribution in [2.45, 2.75) is 6.92 Å². The van der Waals surface area contributed by atoms with E-state index in [1.54, 1.807) is 11.3 Å². The van der Waals surface area contributed by atoms with Gasteiger partial charge in [-0.3, -0.25) is 0 Å². The first-order chi connectivity index (χ1) is 9.63. The predicted molar refractivity (Wildman–Crippen MR) is 86.5 cm³/mol. The van der Waals surface area contributed by atoms with Crippen LogP contribution in [0, 0.1) is 6.92 Å². The Labute approximate surface area is 121 Å².